The predicted octanol–water partition coefficient (Wildman–Crippen LogP) is 2.75. The molecule has 19 heavy (non-hydrogen) atoms. The standard InChI is InChI=1S/C13H8ClN3O2/c14-12-8-10(18)13(17-16-12)19-11-6-2-1-4-9(11)5-3-7-15/h1-6,8H,(H,16,18). The first kappa shape index (κ1) is 12.9. The molecule has 2 aromatic rings. The van der Waals surface area contributed by atoms with Crippen LogP contribution in [0.25, 0.3) is 6.08 Å². The minimum Gasteiger partial charge on any atom is -0.434 e. The van der Waals surface area contributed by atoms with Gasteiger partial charge < -0.3 is 4.74 Å². The largest absolute Gasteiger partial charge is 0.434 e. The third-order valence-electron chi connectivity index (χ3n) is 2.20. The number of H-pyrrole nitrogens is 1. The number of halogens is 1. The van der Waals surface area contributed by atoms with Crippen molar-refractivity contribution in [1.29, 1.82) is 5.26 Å². The molecule has 0 bridgehead atoms. The monoisotopic (exact) mass is 273 g/mol. The molecule has 1 N–H and O–H groups in total. The van der Waals surface area contributed by atoms with Crippen LogP contribution < -0.4 is 10.2 Å². The predicted molar refractivity (Wildman–Crippen MR) is 71.0 cm³/mol. The number of rotatable bonds is 3. The van der Waals surface area contributed by atoms with E-state index in [1.807, 2.05) is 6.07 Å². The van der Waals surface area contributed by atoms with Crippen LogP contribution in [0.15, 0.2) is 41.2 Å². The van der Waals surface area contributed by atoms with Crippen molar-refractivity contribution in [2.75, 3.05) is 0 Å². The molecule has 5 nitrogen and oxygen atoms in total. The van der Waals surface area contributed by atoms with E-state index in [-0.39, 0.29) is 11.0 Å². The summed E-state index contributed by atoms with van der Waals surface area (Å²) in [6.45, 7) is 0. The molecule has 0 saturated heterocycles. The van der Waals surface area contributed by atoms with Gasteiger partial charge in [0.15, 0.2) is 0 Å². The highest BCUT2D eigenvalue weighted by molar-refractivity contribution is 6.29. The molecule has 6 heteroatoms. The number of nitriles is 1. The Kier molecular flexibility index (Phi) is 3.96. The van der Waals surface area contributed by atoms with Crippen molar-refractivity contribution in [3.63, 3.8) is 0 Å². The molecule has 0 aliphatic carbocycles. The van der Waals surface area contributed by atoms with Gasteiger partial charge in [-0.2, -0.15) is 5.26 Å². The first-order chi connectivity index (χ1) is 9.20. The Morgan fingerprint density at radius 3 is 2.95 bits per heavy atom. The number of aromatic nitrogens is 2. The molecule has 0 aliphatic rings. The summed E-state index contributed by atoms with van der Waals surface area (Å²) in [5.74, 6) is 0.316. The molecule has 0 amide bonds. The molecule has 1 aromatic heterocycles. The lowest BCUT2D eigenvalue weighted by atomic mass is 10.2. The summed E-state index contributed by atoms with van der Waals surface area (Å²) in [6, 6.07) is 10.0. The van der Waals surface area contributed by atoms with Gasteiger partial charge in [0.2, 0.25) is 5.43 Å². The topological polar surface area (TPSA) is 78.8 Å². The fraction of sp³-hybridized carbons (Fsp3) is 0. The van der Waals surface area contributed by atoms with Gasteiger partial charge in [-0.3, -0.25) is 9.89 Å². The molecular weight excluding hydrogens is 266 g/mol. The van der Waals surface area contributed by atoms with Crippen LogP contribution in [0.5, 0.6) is 11.6 Å². The second-order valence-corrected chi connectivity index (χ2v) is 3.89. The maximum Gasteiger partial charge on any atom is 0.285 e. The molecular formula is C13H8ClN3O2. The van der Waals surface area contributed by atoms with Crippen LogP contribution in [0.1, 0.15) is 5.56 Å². The lowest BCUT2D eigenvalue weighted by Gasteiger charge is -2.06. The van der Waals surface area contributed by atoms with Gasteiger partial charge in [-0.1, -0.05) is 29.8 Å². The van der Waals surface area contributed by atoms with Gasteiger partial charge in [-0.05, 0) is 12.1 Å². The van der Waals surface area contributed by atoms with E-state index in [9.17, 15) is 4.79 Å². The molecule has 0 saturated carbocycles. The molecule has 0 radical (unpaired) electrons. The first-order valence-corrected chi connectivity index (χ1v) is 5.67. The highest BCUT2D eigenvalue weighted by Gasteiger charge is 2.07. The molecule has 1 heterocycles. The molecule has 0 aliphatic heterocycles. The third kappa shape index (κ3) is 3.21. The summed E-state index contributed by atoms with van der Waals surface area (Å²) in [6.07, 6.45) is 2.90. The van der Waals surface area contributed by atoms with E-state index in [0.717, 1.165) is 0 Å². The Balaban J connectivity index is 2.36. The zero-order valence-corrected chi connectivity index (χ0v) is 10.4. The van der Waals surface area contributed by atoms with Crippen molar-refractivity contribution >= 4 is 17.7 Å². The molecule has 2 rings (SSSR count). The van der Waals surface area contributed by atoms with Crippen LogP contribution in [-0.2, 0) is 0 Å². The quantitative estimate of drug-likeness (QED) is 0.872. The van der Waals surface area contributed by atoms with Crippen molar-refractivity contribution in [3.05, 3.63) is 57.3 Å². The highest BCUT2D eigenvalue weighted by Crippen LogP contribution is 2.23. The normalized spacial score (nSPS) is 10.3. The maximum absolute atomic E-state index is 11.6. The number of hydrogen-bond acceptors (Lipinski definition) is 4. The second-order valence-electron chi connectivity index (χ2n) is 3.49. The van der Waals surface area contributed by atoms with E-state index in [1.165, 1.54) is 12.1 Å². The summed E-state index contributed by atoms with van der Waals surface area (Å²) in [5.41, 5.74) is 0.239. The van der Waals surface area contributed by atoms with Crippen LogP contribution >= 0.6 is 11.6 Å². The number of nitrogens with zero attached hydrogens (tertiary/aromatic N) is 2. The summed E-state index contributed by atoms with van der Waals surface area (Å²) >= 11 is 5.60. The lowest BCUT2D eigenvalue weighted by molar-refractivity contribution is 0.449. The number of hydrogen-bond donors (Lipinski definition) is 1. The highest BCUT2D eigenvalue weighted by atomic mass is 35.5. The molecule has 0 unspecified atom stereocenters. The number of allylic oxidation sites excluding steroid dienone is 1. The van der Waals surface area contributed by atoms with Gasteiger partial charge in [-0.15, -0.1) is 5.10 Å². The van der Waals surface area contributed by atoms with Gasteiger partial charge in [-0.25, -0.2) is 0 Å². The van der Waals surface area contributed by atoms with Crippen LogP contribution in [0.2, 0.25) is 5.15 Å². The van der Waals surface area contributed by atoms with Crippen molar-refractivity contribution in [1.82, 2.24) is 10.2 Å². The minimum atomic E-state index is -0.428. The van der Waals surface area contributed by atoms with Gasteiger partial charge in [0.25, 0.3) is 5.88 Å². The average Bonchev–Trinajstić information content (AvgIpc) is 2.41. The van der Waals surface area contributed by atoms with Gasteiger partial charge in [0.05, 0.1) is 6.07 Å². The van der Waals surface area contributed by atoms with Crippen LogP contribution in [0.4, 0.5) is 0 Å². The Morgan fingerprint density at radius 2 is 2.21 bits per heavy atom. The van der Waals surface area contributed by atoms with Crippen molar-refractivity contribution in [2.24, 2.45) is 0 Å². The minimum absolute atomic E-state index is 0.109. The molecule has 94 valence electrons. The van der Waals surface area contributed by atoms with E-state index in [4.69, 9.17) is 21.6 Å². The van der Waals surface area contributed by atoms with E-state index in [1.54, 1.807) is 30.3 Å². The number of nitrogens with one attached hydrogen (secondary N) is 1. The molecule has 0 atom stereocenters. The van der Waals surface area contributed by atoms with Gasteiger partial charge in [0.1, 0.15) is 10.9 Å². The number of ether oxygens (including phenoxy) is 1. The number of aromatic amines is 1. The van der Waals surface area contributed by atoms with Crippen molar-refractivity contribution < 1.29 is 4.74 Å². The zero-order valence-electron chi connectivity index (χ0n) is 9.63. The van der Waals surface area contributed by atoms with Crippen LogP contribution in [0.3, 0.4) is 0 Å². The van der Waals surface area contributed by atoms with Crippen LogP contribution in [-0.4, -0.2) is 10.2 Å². The Labute approximate surface area is 113 Å². The molecule has 0 spiro atoms. The van der Waals surface area contributed by atoms with E-state index < -0.39 is 5.43 Å². The Bertz CT molecular complexity index is 716. The van der Waals surface area contributed by atoms with E-state index in [0.29, 0.717) is 11.3 Å². The fourth-order valence-electron chi connectivity index (χ4n) is 1.38. The Hall–Kier alpha value is -2.58. The van der Waals surface area contributed by atoms with Gasteiger partial charge >= 0.3 is 0 Å². The summed E-state index contributed by atoms with van der Waals surface area (Å²) in [7, 11) is 0. The van der Waals surface area contributed by atoms with E-state index in [2.05, 4.69) is 10.2 Å². The lowest BCUT2D eigenvalue weighted by Crippen LogP contribution is -2.07. The van der Waals surface area contributed by atoms with Crippen molar-refractivity contribution in [2.45, 2.75) is 0 Å². The average molecular weight is 274 g/mol. The molecule has 1 aromatic carbocycles. The smallest absolute Gasteiger partial charge is 0.285 e. The molecule has 0 fully saturated rings. The summed E-state index contributed by atoms with van der Waals surface area (Å²) in [5, 5.41) is 14.8. The Morgan fingerprint density at radius 1 is 1.42 bits per heavy atom. The second kappa shape index (κ2) is 5.85. The number of para-hydroxylation sites is 1. The third-order valence-corrected chi connectivity index (χ3v) is 2.39. The van der Waals surface area contributed by atoms with Gasteiger partial charge in [0, 0.05) is 17.7 Å². The zero-order chi connectivity index (χ0) is 13.7. The SMILES string of the molecule is N#CC=Cc1ccccc1Oc1n[nH]c(Cl)cc1=O. The van der Waals surface area contributed by atoms with E-state index >= 15 is 0 Å². The van der Waals surface area contributed by atoms with Crippen molar-refractivity contribution in [3.8, 4) is 17.7 Å². The summed E-state index contributed by atoms with van der Waals surface area (Å²) < 4.78 is 5.42. The maximum atomic E-state index is 11.6. The number of benzene rings is 1. The fourth-order valence-corrected chi connectivity index (χ4v) is 1.53. The van der Waals surface area contributed by atoms with Crippen LogP contribution in [0, 0.1) is 11.3 Å². The summed E-state index contributed by atoms with van der Waals surface area (Å²) in [4.78, 5) is 11.6. The first-order valence-electron chi connectivity index (χ1n) is 5.29.